The van der Waals surface area contributed by atoms with Gasteiger partial charge >= 0.3 is 0 Å². The highest BCUT2D eigenvalue weighted by atomic mass is 16.5. The molecule has 1 aliphatic heterocycles. The van der Waals surface area contributed by atoms with Crippen molar-refractivity contribution in [2.24, 2.45) is 0 Å². The van der Waals surface area contributed by atoms with Gasteiger partial charge in [-0.1, -0.05) is 6.07 Å². The van der Waals surface area contributed by atoms with Crippen molar-refractivity contribution in [1.82, 2.24) is 10.2 Å². The first-order valence-corrected chi connectivity index (χ1v) is 10.9. The predicted octanol–water partition coefficient (Wildman–Crippen LogP) is 2.78. The third kappa shape index (κ3) is 4.75. The Balaban J connectivity index is 2.15. The first-order chi connectivity index (χ1) is 16.4. The van der Waals surface area contributed by atoms with E-state index in [0.29, 0.717) is 53.7 Å². The largest absolute Gasteiger partial charge is 0.493 e. The fraction of sp³-hybridized carbons (Fsp3) is 0.440. The van der Waals surface area contributed by atoms with Crippen LogP contribution in [0.2, 0.25) is 0 Å². The first-order valence-electron chi connectivity index (χ1n) is 10.9. The number of rotatable bonds is 10. The van der Waals surface area contributed by atoms with Crippen LogP contribution < -0.4 is 24.3 Å². The molecule has 9 heteroatoms. The summed E-state index contributed by atoms with van der Waals surface area (Å²) in [6.45, 7) is 0.978. The summed E-state index contributed by atoms with van der Waals surface area (Å²) in [4.78, 5) is 28.6. The Kier molecular flexibility index (Phi) is 8.22. The third-order valence-electron chi connectivity index (χ3n) is 6.03. The fourth-order valence-corrected chi connectivity index (χ4v) is 4.32. The van der Waals surface area contributed by atoms with Gasteiger partial charge in [-0.3, -0.25) is 9.59 Å². The van der Waals surface area contributed by atoms with E-state index in [1.165, 1.54) is 14.2 Å². The van der Waals surface area contributed by atoms with Gasteiger partial charge in [-0.2, -0.15) is 0 Å². The van der Waals surface area contributed by atoms with Crippen LogP contribution >= 0.6 is 0 Å². The number of nitrogens with one attached hydrogen (secondary N) is 1. The summed E-state index contributed by atoms with van der Waals surface area (Å²) in [5.74, 6) is 0.816. The Hall–Kier alpha value is -3.46. The molecule has 2 amide bonds. The molecule has 0 radical (unpaired) electrons. The topological polar surface area (TPSA) is 95.6 Å². The molecule has 2 aromatic rings. The zero-order chi connectivity index (χ0) is 24.8. The van der Waals surface area contributed by atoms with E-state index in [0.717, 1.165) is 5.56 Å². The summed E-state index contributed by atoms with van der Waals surface area (Å²) in [5, 5.41) is 3.00. The lowest BCUT2D eigenvalue weighted by Gasteiger charge is -2.40. The molecule has 0 bridgehead atoms. The molecule has 0 spiro atoms. The van der Waals surface area contributed by atoms with Crippen LogP contribution in [0.5, 0.6) is 23.0 Å². The molecule has 1 heterocycles. The predicted molar refractivity (Wildman–Crippen MR) is 126 cm³/mol. The van der Waals surface area contributed by atoms with Crippen molar-refractivity contribution in [3.8, 4) is 23.0 Å². The summed E-state index contributed by atoms with van der Waals surface area (Å²) in [5.41, 5.74) is 1.71. The number of ether oxygens (including phenoxy) is 5. The van der Waals surface area contributed by atoms with Crippen LogP contribution in [0.3, 0.4) is 0 Å². The molecule has 1 N–H and O–H groups in total. The maximum atomic E-state index is 13.6. The lowest BCUT2D eigenvalue weighted by atomic mass is 9.79. The quantitative estimate of drug-likeness (QED) is 0.531. The van der Waals surface area contributed by atoms with Gasteiger partial charge in [0.1, 0.15) is 0 Å². The Labute approximate surface area is 199 Å². The van der Waals surface area contributed by atoms with E-state index in [9.17, 15) is 9.59 Å². The van der Waals surface area contributed by atoms with Crippen LogP contribution in [-0.4, -0.2) is 72.5 Å². The first kappa shape index (κ1) is 25.2. The second-order valence-corrected chi connectivity index (χ2v) is 7.88. The smallest absolute Gasteiger partial charge is 0.254 e. The van der Waals surface area contributed by atoms with E-state index in [4.69, 9.17) is 23.7 Å². The van der Waals surface area contributed by atoms with Crippen LogP contribution in [0.25, 0.3) is 0 Å². The monoisotopic (exact) mass is 472 g/mol. The average Bonchev–Trinajstić information content (AvgIpc) is 2.87. The minimum Gasteiger partial charge on any atom is -0.493 e. The lowest BCUT2D eigenvalue weighted by Crippen LogP contribution is -2.46. The molecule has 0 aliphatic carbocycles. The van der Waals surface area contributed by atoms with E-state index in [1.54, 1.807) is 57.5 Å². The highest BCUT2D eigenvalue weighted by Crippen LogP contribution is 2.46. The van der Waals surface area contributed by atoms with Crippen LogP contribution in [-0.2, 0) is 9.53 Å². The maximum Gasteiger partial charge on any atom is 0.254 e. The Morgan fingerprint density at radius 3 is 2.15 bits per heavy atom. The number of nitrogens with zero attached hydrogens (tertiary/aromatic N) is 1. The molecule has 0 saturated carbocycles. The highest BCUT2D eigenvalue weighted by molar-refractivity contribution is 6.02. The van der Waals surface area contributed by atoms with Gasteiger partial charge in [0, 0.05) is 32.9 Å². The number of methoxy groups -OCH3 is 5. The molecule has 0 saturated heterocycles. The van der Waals surface area contributed by atoms with Crippen LogP contribution in [0.4, 0.5) is 0 Å². The highest BCUT2D eigenvalue weighted by Gasteiger charge is 2.43. The molecule has 0 aromatic heterocycles. The number of likely N-dealkylation sites (N-methyl/N-ethyl adjacent to an activating group) is 1. The molecular formula is C25H32N2O7. The number of carbonyl (C=O) groups is 2. The van der Waals surface area contributed by atoms with Gasteiger partial charge in [-0.25, -0.2) is 0 Å². The van der Waals surface area contributed by atoms with Crippen molar-refractivity contribution in [1.29, 1.82) is 0 Å². The summed E-state index contributed by atoms with van der Waals surface area (Å²) in [6, 6.07) is 8.16. The standard InChI is InChI=1S/C25H32N2O7/c1-27-23(15-8-9-18(31-3)19(12-15)32-4)22(24(28)26-10-7-11-30-2)16-13-20(33-5)21(34-6)14-17(16)25(27)29/h8-9,12-14,22-23H,7,10-11H2,1-6H3,(H,26,28)/t22-,23+/m0/s1. The van der Waals surface area contributed by atoms with Gasteiger partial charge in [-0.15, -0.1) is 0 Å². The minimum atomic E-state index is -0.696. The van der Waals surface area contributed by atoms with Gasteiger partial charge in [0.05, 0.1) is 40.4 Å². The van der Waals surface area contributed by atoms with Crippen molar-refractivity contribution in [3.63, 3.8) is 0 Å². The number of benzene rings is 2. The van der Waals surface area contributed by atoms with Crippen molar-refractivity contribution in [3.05, 3.63) is 47.0 Å². The Morgan fingerprint density at radius 2 is 1.53 bits per heavy atom. The molecular weight excluding hydrogens is 440 g/mol. The van der Waals surface area contributed by atoms with E-state index in [2.05, 4.69) is 5.32 Å². The van der Waals surface area contributed by atoms with Gasteiger partial charge in [0.2, 0.25) is 5.91 Å². The summed E-state index contributed by atoms with van der Waals surface area (Å²) in [7, 11) is 9.44. The Morgan fingerprint density at radius 1 is 0.912 bits per heavy atom. The Bertz CT molecular complexity index is 1040. The molecule has 3 rings (SSSR count). The number of amides is 2. The van der Waals surface area contributed by atoms with E-state index < -0.39 is 12.0 Å². The summed E-state index contributed by atoms with van der Waals surface area (Å²) < 4.78 is 26.8. The van der Waals surface area contributed by atoms with Crippen LogP contribution in [0.1, 0.15) is 39.9 Å². The molecule has 0 fully saturated rings. The second-order valence-electron chi connectivity index (χ2n) is 7.88. The normalized spacial score (nSPS) is 17.1. The maximum absolute atomic E-state index is 13.6. The van der Waals surface area contributed by atoms with Crippen molar-refractivity contribution in [2.45, 2.75) is 18.4 Å². The molecule has 0 unspecified atom stereocenters. The SMILES string of the molecule is COCCCNC(=O)[C@H]1c2cc(OC)c(OC)cc2C(=O)N(C)[C@@H]1c1ccc(OC)c(OC)c1. The summed E-state index contributed by atoms with van der Waals surface area (Å²) in [6.07, 6.45) is 0.670. The average molecular weight is 473 g/mol. The van der Waals surface area contributed by atoms with Gasteiger partial charge in [-0.05, 0) is 41.8 Å². The van der Waals surface area contributed by atoms with E-state index in [1.807, 2.05) is 6.07 Å². The van der Waals surface area contributed by atoms with Gasteiger partial charge in [0.15, 0.2) is 23.0 Å². The van der Waals surface area contributed by atoms with Gasteiger partial charge < -0.3 is 33.9 Å². The number of hydrogen-bond donors (Lipinski definition) is 1. The summed E-state index contributed by atoms with van der Waals surface area (Å²) >= 11 is 0. The van der Waals surface area contributed by atoms with E-state index in [-0.39, 0.29) is 11.8 Å². The zero-order valence-corrected chi connectivity index (χ0v) is 20.5. The van der Waals surface area contributed by atoms with E-state index >= 15 is 0 Å². The number of hydrogen-bond acceptors (Lipinski definition) is 7. The molecule has 34 heavy (non-hydrogen) atoms. The zero-order valence-electron chi connectivity index (χ0n) is 20.5. The van der Waals surface area contributed by atoms with Gasteiger partial charge in [0.25, 0.3) is 5.91 Å². The van der Waals surface area contributed by atoms with Crippen molar-refractivity contribution >= 4 is 11.8 Å². The molecule has 184 valence electrons. The number of fused-ring (bicyclic) bond motifs is 1. The minimum absolute atomic E-state index is 0.205. The van der Waals surface area contributed by atoms with Crippen LogP contribution in [0, 0.1) is 0 Å². The third-order valence-corrected chi connectivity index (χ3v) is 6.03. The second kappa shape index (κ2) is 11.1. The molecule has 2 aromatic carbocycles. The van der Waals surface area contributed by atoms with Crippen LogP contribution in [0.15, 0.2) is 30.3 Å². The molecule has 1 aliphatic rings. The fourth-order valence-electron chi connectivity index (χ4n) is 4.32. The lowest BCUT2D eigenvalue weighted by molar-refractivity contribution is -0.124. The van der Waals surface area contributed by atoms with Crippen molar-refractivity contribution in [2.75, 3.05) is 55.7 Å². The van der Waals surface area contributed by atoms with Crippen molar-refractivity contribution < 1.29 is 33.3 Å². The molecule has 9 nitrogen and oxygen atoms in total. The molecule has 2 atom stereocenters. The number of carbonyl (C=O) groups excluding carboxylic acids is 2.